The molecule has 0 spiro atoms. The Labute approximate surface area is 805 Å². The van der Waals surface area contributed by atoms with E-state index < -0.39 is 0 Å². The summed E-state index contributed by atoms with van der Waals surface area (Å²) < 4.78 is 40.4. The van der Waals surface area contributed by atoms with Gasteiger partial charge in [-0.25, -0.2) is 0 Å². The molecule has 0 aliphatic carbocycles. The maximum absolute atomic E-state index is 5.58. The standard InChI is InChI=1S/2C39H24N4O2.C35H22N4O.3Pt/c1-42-37-11-3-2-10-35(37)41-39(42)33-22-38-32(21-30(33)28-15-18-45-24-28)31-20-25(27-14-17-44-23-27)12-13-36(31)43(38)29-8-6-7-26(19-29)34-9-4-5-16-40-34;1-42-36-8-3-2-7-34(36)41-39(42)27-10-13-31-32-20-25(28-15-18-44-23-28)11-14-35(32)43(38(31)22-27)37-21-26(33-6-4-5-17-40-33)9-12-30(37)29-16-19-45-24-29;1-38-33-15-5-3-11-31(33)37-35(38)24-16-17-28-27-10-2-4-14-32(27)39(34(28)21-24)26-9-6-8-23(20-26)29-12-7-13-30(36-29)25-18-19-40-22-25;;;/h2-18,20-21,23-24H,1H3;2-20,23-24H,1H3;2-19,22H,1H3;;;/q3*-2;3*+2. The SMILES string of the molecule is Cn1c(-c2[c-]c3c(cc2)c2cc(-c4ccoc4)ccc2n3-c2[c-]c(-c3ccccn3)ccc2-c2ccoc2)nc2ccccc21.Cn1c(-c2[c-]c3c(cc2)c2ccccc2n3-c2[c-]c(-c3cccc(-c4ccoc4)n3)ccc2)nc2ccccc21.Cn1c(-c2[c-]c3c(cc2-c2ccoc2)c2cc(-c4ccoc4)ccc2n3-c2[c-]c(-c3ccccn3)ccc2)nc2ccccc21.[Pt+2].[Pt+2].[Pt+2]. The second-order valence-electron chi connectivity index (χ2n) is 32.0. The molecular weight excluding hydrogens is 2190 g/mol. The van der Waals surface area contributed by atoms with Gasteiger partial charge in [0.25, 0.3) is 0 Å². The molecule has 0 atom stereocenters. The quantitative estimate of drug-likeness (QED) is 0.0948. The van der Waals surface area contributed by atoms with Crippen LogP contribution in [0.25, 0.3) is 239 Å². The fraction of sp³-hybridized carbons (Fsp3) is 0.0265. The van der Waals surface area contributed by atoms with Gasteiger partial charge in [0.05, 0.1) is 119 Å². The van der Waals surface area contributed by atoms with Crippen LogP contribution >= 0.6 is 0 Å². The van der Waals surface area contributed by atoms with Crippen LogP contribution in [0.15, 0.2) is 394 Å². The number of pyridine rings is 3. The summed E-state index contributed by atoms with van der Waals surface area (Å²) in [5, 5.41) is 6.64. The number of fused-ring (bicyclic) bond motifs is 12. The Morgan fingerprint density at radius 1 is 0.248 bits per heavy atom. The molecule has 0 amide bonds. The average molecular weight is 2260 g/mol. The second kappa shape index (κ2) is 35.3. The predicted octanol–water partition coefficient (Wildman–Crippen LogP) is 27.3. The van der Waals surface area contributed by atoms with E-state index >= 15 is 0 Å². The van der Waals surface area contributed by atoms with Crippen LogP contribution in [0.4, 0.5) is 0 Å². The molecule has 20 heteroatoms. The maximum Gasteiger partial charge on any atom is 2.00 e. The summed E-state index contributed by atoms with van der Waals surface area (Å²) in [7, 11) is 6.16. The van der Waals surface area contributed by atoms with Crippen molar-refractivity contribution in [3.63, 3.8) is 0 Å². The summed E-state index contributed by atoms with van der Waals surface area (Å²) >= 11 is 0. The van der Waals surface area contributed by atoms with E-state index in [0.29, 0.717) is 0 Å². The number of hydrogen-bond acceptors (Lipinski definition) is 11. The van der Waals surface area contributed by atoms with Gasteiger partial charge in [0, 0.05) is 66.8 Å². The minimum absolute atomic E-state index is 0. The van der Waals surface area contributed by atoms with Crippen LogP contribution in [-0.4, -0.2) is 57.3 Å². The summed E-state index contributed by atoms with van der Waals surface area (Å²) in [5.74, 6) is 2.57. The van der Waals surface area contributed by atoms with Gasteiger partial charge in [-0.05, 0) is 192 Å². The fourth-order valence-corrected chi connectivity index (χ4v) is 18.1. The van der Waals surface area contributed by atoms with Crippen LogP contribution in [0, 0.1) is 36.4 Å². The van der Waals surface area contributed by atoms with Crippen molar-refractivity contribution in [2.24, 2.45) is 21.1 Å². The van der Waals surface area contributed by atoms with Crippen molar-refractivity contribution in [1.29, 1.82) is 0 Å². The van der Waals surface area contributed by atoms with E-state index in [1.807, 2.05) is 164 Å². The molecule has 0 aliphatic rings. The van der Waals surface area contributed by atoms with Crippen molar-refractivity contribution in [2.75, 3.05) is 0 Å². The van der Waals surface area contributed by atoms with Crippen LogP contribution in [-0.2, 0) is 84.3 Å². The molecule has 14 heterocycles. The number of imidazole rings is 3. The number of rotatable bonds is 14. The first kappa shape index (κ1) is 84.2. The topological polar surface area (TPSA) is 173 Å². The number of nitrogens with zero attached hydrogens (tertiary/aromatic N) is 12. The molecule has 17 nitrogen and oxygen atoms in total. The summed E-state index contributed by atoms with van der Waals surface area (Å²) in [6.07, 6.45) is 20.9. The third-order valence-corrected chi connectivity index (χ3v) is 24.4. The number of aromatic nitrogens is 12. The van der Waals surface area contributed by atoms with Gasteiger partial charge in [0.1, 0.15) is 0 Å². The van der Waals surface area contributed by atoms with Crippen molar-refractivity contribution >= 4 is 98.5 Å². The molecule has 0 fully saturated rings. The first-order chi connectivity index (χ1) is 64.2. The van der Waals surface area contributed by atoms with Crippen molar-refractivity contribution in [3.05, 3.63) is 409 Å². The Bertz CT molecular complexity index is 8790. The smallest absolute Gasteiger partial charge is 0.473 e. The summed E-state index contributed by atoms with van der Waals surface area (Å²) in [6.45, 7) is 0. The van der Waals surface area contributed by atoms with Crippen LogP contribution in [0.3, 0.4) is 0 Å². The molecule has 642 valence electrons. The van der Waals surface area contributed by atoms with E-state index in [1.165, 1.54) is 5.39 Å². The molecule has 0 saturated heterocycles. The van der Waals surface area contributed by atoms with Crippen LogP contribution in [0.5, 0.6) is 0 Å². The molecule has 0 radical (unpaired) electrons. The van der Waals surface area contributed by atoms with Crippen molar-refractivity contribution < 1.29 is 85.3 Å². The Hall–Kier alpha value is -15.6. The molecule has 0 unspecified atom stereocenters. The van der Waals surface area contributed by atoms with Gasteiger partial charge < -0.3 is 59.5 Å². The van der Waals surface area contributed by atoms with Gasteiger partial charge in [0.2, 0.25) is 0 Å². The summed E-state index contributed by atoms with van der Waals surface area (Å²) in [5.41, 5.74) is 32.8. The number of hydrogen-bond donors (Lipinski definition) is 0. The first-order valence-corrected chi connectivity index (χ1v) is 42.5. The maximum atomic E-state index is 5.58. The fourth-order valence-electron chi connectivity index (χ4n) is 18.1. The van der Waals surface area contributed by atoms with Crippen LogP contribution in [0.2, 0.25) is 0 Å². The Balaban J connectivity index is 0.000000119. The van der Waals surface area contributed by atoms with E-state index in [0.717, 1.165) is 234 Å². The third-order valence-electron chi connectivity index (χ3n) is 24.4. The molecule has 0 N–H and O–H groups in total. The number of benzene rings is 12. The van der Waals surface area contributed by atoms with E-state index in [-0.39, 0.29) is 63.2 Å². The molecule has 0 saturated carbocycles. The second-order valence-corrected chi connectivity index (χ2v) is 32.0. The first-order valence-electron chi connectivity index (χ1n) is 42.5. The summed E-state index contributed by atoms with van der Waals surface area (Å²) in [4.78, 5) is 29.1. The van der Waals surface area contributed by atoms with Crippen LogP contribution < -0.4 is 0 Å². The molecule has 14 aromatic heterocycles. The largest absolute Gasteiger partial charge is 2.00 e. The van der Waals surface area contributed by atoms with Gasteiger partial charge in [-0.15, -0.1) is 143 Å². The number of para-hydroxylation sites is 7. The molecule has 0 aliphatic heterocycles. The van der Waals surface area contributed by atoms with Crippen LogP contribution in [0.1, 0.15) is 0 Å². The van der Waals surface area contributed by atoms with E-state index in [9.17, 15) is 0 Å². The minimum Gasteiger partial charge on any atom is -0.473 e. The molecule has 133 heavy (non-hydrogen) atoms. The predicted molar refractivity (Wildman–Crippen MR) is 513 cm³/mol. The minimum atomic E-state index is 0. The zero-order valence-corrected chi connectivity index (χ0v) is 77.9. The average Bonchev–Trinajstić information content (AvgIpc) is 1.58. The monoisotopic (exact) mass is 2260 g/mol. The van der Waals surface area contributed by atoms with Gasteiger partial charge >= 0.3 is 63.2 Å². The van der Waals surface area contributed by atoms with E-state index in [4.69, 9.17) is 42.0 Å². The van der Waals surface area contributed by atoms with Crippen molar-refractivity contribution in [3.8, 4) is 141 Å². The Morgan fingerprint density at radius 3 is 1.20 bits per heavy atom. The van der Waals surface area contributed by atoms with Gasteiger partial charge in [-0.2, -0.15) is 0 Å². The molecule has 0 bridgehead atoms. The normalized spacial score (nSPS) is 11.4. The van der Waals surface area contributed by atoms with Crippen molar-refractivity contribution in [1.82, 2.24) is 57.3 Å². The van der Waals surface area contributed by atoms with Crippen molar-refractivity contribution in [2.45, 2.75) is 0 Å². The molecular formula is C113H70N12O5Pt3. The molecule has 26 aromatic rings. The zero-order valence-electron chi connectivity index (χ0n) is 71.1. The van der Waals surface area contributed by atoms with Gasteiger partial charge in [0.15, 0.2) is 0 Å². The molecule has 26 rings (SSSR count). The van der Waals surface area contributed by atoms with E-state index in [1.54, 1.807) is 62.6 Å². The third kappa shape index (κ3) is 15.0. The van der Waals surface area contributed by atoms with Gasteiger partial charge in [-0.3, -0.25) is 19.9 Å². The number of furan rings is 5. The zero-order chi connectivity index (χ0) is 86.4. The Morgan fingerprint density at radius 2 is 0.662 bits per heavy atom. The van der Waals surface area contributed by atoms with E-state index in [2.05, 4.69) is 241 Å². The van der Waals surface area contributed by atoms with Gasteiger partial charge in [-0.1, -0.05) is 148 Å². The summed E-state index contributed by atoms with van der Waals surface area (Å²) in [6, 6.07) is 124. The molecule has 12 aromatic carbocycles. The Kier molecular flexibility index (Phi) is 22.4. The number of aryl methyl sites for hydroxylation is 3.